The number of aromatic nitrogens is 1. The Hall–Kier alpha value is -1.43. The van der Waals surface area contributed by atoms with Gasteiger partial charge in [-0.15, -0.1) is 11.3 Å². The highest BCUT2D eigenvalue weighted by Gasteiger charge is 2.18. The lowest BCUT2D eigenvalue weighted by atomic mass is 10.1. The summed E-state index contributed by atoms with van der Waals surface area (Å²) in [7, 11) is 0. The van der Waals surface area contributed by atoms with Crippen molar-refractivity contribution >= 4 is 28.3 Å². The molecule has 0 fully saturated rings. The van der Waals surface area contributed by atoms with Crippen molar-refractivity contribution in [2.75, 3.05) is 5.32 Å². The third-order valence-electron chi connectivity index (χ3n) is 1.78. The van der Waals surface area contributed by atoms with Gasteiger partial charge in [0, 0.05) is 11.8 Å². The van der Waals surface area contributed by atoms with E-state index in [-0.39, 0.29) is 11.6 Å². The highest BCUT2D eigenvalue weighted by Crippen LogP contribution is 2.25. The Balaban J connectivity index is 3.00. The monoisotopic (exact) mass is 242 g/mol. The lowest BCUT2D eigenvalue weighted by Crippen LogP contribution is -2.06. The van der Waals surface area contributed by atoms with Crippen LogP contribution in [-0.2, 0) is 11.2 Å². The SMILES string of the molecule is CC(=O)Nc1nc(C(=O)O)c(CC(C)C)s1. The van der Waals surface area contributed by atoms with E-state index in [9.17, 15) is 9.59 Å². The standard InChI is InChI=1S/C10H14N2O3S/c1-5(2)4-7-8(9(14)15)12-10(16-7)11-6(3)13/h5H,4H2,1-3H3,(H,14,15)(H,11,12,13). The maximum Gasteiger partial charge on any atom is 0.355 e. The first-order valence-electron chi connectivity index (χ1n) is 4.90. The number of rotatable bonds is 4. The molecule has 0 bridgehead atoms. The van der Waals surface area contributed by atoms with E-state index in [1.165, 1.54) is 18.3 Å². The highest BCUT2D eigenvalue weighted by atomic mass is 32.1. The predicted molar refractivity (Wildman–Crippen MR) is 61.9 cm³/mol. The van der Waals surface area contributed by atoms with Gasteiger partial charge in [0.2, 0.25) is 5.91 Å². The van der Waals surface area contributed by atoms with Gasteiger partial charge in [0.25, 0.3) is 0 Å². The van der Waals surface area contributed by atoms with Gasteiger partial charge < -0.3 is 10.4 Å². The van der Waals surface area contributed by atoms with E-state index in [1.54, 1.807) is 0 Å². The summed E-state index contributed by atoms with van der Waals surface area (Å²) in [4.78, 5) is 26.4. The summed E-state index contributed by atoms with van der Waals surface area (Å²) in [6.45, 7) is 5.37. The van der Waals surface area contributed by atoms with E-state index in [1.807, 2.05) is 13.8 Å². The van der Waals surface area contributed by atoms with Crippen LogP contribution >= 0.6 is 11.3 Å². The third kappa shape index (κ3) is 3.30. The number of amides is 1. The average Bonchev–Trinajstić information content (AvgIpc) is 2.45. The second-order valence-corrected chi connectivity index (χ2v) is 4.96. The van der Waals surface area contributed by atoms with Crippen LogP contribution in [0.25, 0.3) is 0 Å². The van der Waals surface area contributed by atoms with Gasteiger partial charge in [0.1, 0.15) is 0 Å². The Morgan fingerprint density at radius 3 is 2.56 bits per heavy atom. The Bertz CT molecular complexity index is 412. The number of anilines is 1. The van der Waals surface area contributed by atoms with Crippen molar-refractivity contribution in [2.24, 2.45) is 5.92 Å². The van der Waals surface area contributed by atoms with Crippen LogP contribution < -0.4 is 5.32 Å². The first-order chi connectivity index (χ1) is 7.40. The van der Waals surface area contributed by atoms with Crippen molar-refractivity contribution in [1.82, 2.24) is 4.98 Å². The van der Waals surface area contributed by atoms with Crippen LogP contribution in [0, 0.1) is 5.92 Å². The molecular formula is C10H14N2O3S. The molecule has 0 spiro atoms. The lowest BCUT2D eigenvalue weighted by Gasteiger charge is -2.01. The largest absolute Gasteiger partial charge is 0.476 e. The molecule has 0 aliphatic carbocycles. The van der Waals surface area contributed by atoms with Crippen LogP contribution in [0.2, 0.25) is 0 Å². The van der Waals surface area contributed by atoms with Crippen LogP contribution in [0.5, 0.6) is 0 Å². The van der Waals surface area contributed by atoms with Crippen molar-refractivity contribution in [3.8, 4) is 0 Å². The van der Waals surface area contributed by atoms with Gasteiger partial charge in [0.15, 0.2) is 10.8 Å². The minimum absolute atomic E-state index is 0.0439. The molecular weight excluding hydrogens is 228 g/mol. The minimum atomic E-state index is -1.05. The molecule has 0 unspecified atom stereocenters. The Labute approximate surface area is 97.5 Å². The molecule has 1 amide bonds. The van der Waals surface area contributed by atoms with Gasteiger partial charge in [0.05, 0.1) is 0 Å². The number of carbonyl (C=O) groups excluding carboxylic acids is 1. The van der Waals surface area contributed by atoms with E-state index in [4.69, 9.17) is 5.11 Å². The van der Waals surface area contributed by atoms with Gasteiger partial charge in [-0.1, -0.05) is 13.8 Å². The molecule has 6 heteroatoms. The third-order valence-corrected chi connectivity index (χ3v) is 2.77. The summed E-state index contributed by atoms with van der Waals surface area (Å²) in [5.41, 5.74) is 0.0439. The Kier molecular flexibility index (Phi) is 4.00. The number of nitrogens with one attached hydrogen (secondary N) is 1. The number of nitrogens with zero attached hydrogens (tertiary/aromatic N) is 1. The van der Waals surface area contributed by atoms with Gasteiger partial charge >= 0.3 is 5.97 Å². The average molecular weight is 242 g/mol. The molecule has 1 heterocycles. The zero-order valence-corrected chi connectivity index (χ0v) is 10.2. The summed E-state index contributed by atoms with van der Waals surface area (Å²) in [5, 5.41) is 11.8. The molecule has 0 aromatic carbocycles. The molecule has 1 rings (SSSR count). The van der Waals surface area contributed by atoms with E-state index >= 15 is 0 Å². The number of aromatic carboxylic acids is 1. The maximum atomic E-state index is 10.9. The van der Waals surface area contributed by atoms with Crippen molar-refractivity contribution in [3.05, 3.63) is 10.6 Å². The number of carboxylic acid groups (broad SMARTS) is 1. The molecule has 0 saturated heterocycles. The van der Waals surface area contributed by atoms with Crippen LogP contribution in [0.1, 0.15) is 36.1 Å². The maximum absolute atomic E-state index is 10.9. The van der Waals surface area contributed by atoms with Crippen molar-refractivity contribution in [2.45, 2.75) is 27.2 Å². The molecule has 2 N–H and O–H groups in total. The smallest absolute Gasteiger partial charge is 0.355 e. The topological polar surface area (TPSA) is 79.3 Å². The Morgan fingerprint density at radius 1 is 1.50 bits per heavy atom. The number of carboxylic acids is 1. The number of thiazole rings is 1. The zero-order valence-electron chi connectivity index (χ0n) is 9.40. The van der Waals surface area contributed by atoms with Crippen molar-refractivity contribution in [3.63, 3.8) is 0 Å². The number of carbonyl (C=O) groups is 2. The van der Waals surface area contributed by atoms with Crippen LogP contribution in [0.3, 0.4) is 0 Å². The molecule has 1 aromatic heterocycles. The minimum Gasteiger partial charge on any atom is -0.476 e. The molecule has 88 valence electrons. The summed E-state index contributed by atoms with van der Waals surface area (Å²) in [6, 6.07) is 0. The van der Waals surface area contributed by atoms with Gasteiger partial charge in [-0.25, -0.2) is 9.78 Å². The summed E-state index contributed by atoms with van der Waals surface area (Å²) in [5.74, 6) is -0.950. The van der Waals surface area contributed by atoms with Crippen LogP contribution in [-0.4, -0.2) is 22.0 Å². The summed E-state index contributed by atoms with van der Waals surface area (Å²) < 4.78 is 0. The fourth-order valence-electron chi connectivity index (χ4n) is 1.23. The van der Waals surface area contributed by atoms with E-state index < -0.39 is 5.97 Å². The molecule has 0 radical (unpaired) electrons. The van der Waals surface area contributed by atoms with Gasteiger partial charge in [-0.3, -0.25) is 4.79 Å². The van der Waals surface area contributed by atoms with Crippen LogP contribution in [0.4, 0.5) is 5.13 Å². The van der Waals surface area contributed by atoms with Gasteiger partial charge in [-0.05, 0) is 12.3 Å². The first-order valence-corrected chi connectivity index (χ1v) is 5.72. The number of hydrogen-bond donors (Lipinski definition) is 2. The van der Waals surface area contributed by atoms with E-state index in [2.05, 4.69) is 10.3 Å². The fourth-order valence-corrected chi connectivity index (χ4v) is 2.44. The molecule has 0 saturated carbocycles. The van der Waals surface area contributed by atoms with Crippen molar-refractivity contribution in [1.29, 1.82) is 0 Å². The lowest BCUT2D eigenvalue weighted by molar-refractivity contribution is -0.114. The predicted octanol–water partition coefficient (Wildman–Crippen LogP) is 2.00. The molecule has 5 nitrogen and oxygen atoms in total. The second kappa shape index (κ2) is 5.07. The highest BCUT2D eigenvalue weighted by molar-refractivity contribution is 7.16. The summed E-state index contributed by atoms with van der Waals surface area (Å²) in [6.07, 6.45) is 0.652. The Morgan fingerprint density at radius 2 is 2.12 bits per heavy atom. The fraction of sp³-hybridized carbons (Fsp3) is 0.500. The van der Waals surface area contributed by atoms with E-state index in [0.717, 1.165) is 0 Å². The molecule has 16 heavy (non-hydrogen) atoms. The summed E-state index contributed by atoms with van der Waals surface area (Å²) >= 11 is 1.22. The second-order valence-electron chi connectivity index (χ2n) is 3.88. The number of hydrogen-bond acceptors (Lipinski definition) is 4. The van der Waals surface area contributed by atoms with Gasteiger partial charge in [-0.2, -0.15) is 0 Å². The van der Waals surface area contributed by atoms with Crippen LogP contribution in [0.15, 0.2) is 0 Å². The molecule has 1 aromatic rings. The van der Waals surface area contributed by atoms with E-state index in [0.29, 0.717) is 22.3 Å². The molecule has 0 aliphatic heterocycles. The molecule has 0 aliphatic rings. The van der Waals surface area contributed by atoms with Crippen molar-refractivity contribution < 1.29 is 14.7 Å². The molecule has 0 atom stereocenters. The zero-order chi connectivity index (χ0) is 12.3. The normalized spacial score (nSPS) is 10.5. The first kappa shape index (κ1) is 12.6. The quantitative estimate of drug-likeness (QED) is 0.846.